The minimum atomic E-state index is 0.683. The average Bonchev–Trinajstić information content (AvgIpc) is 2.61. The van der Waals surface area contributed by atoms with Gasteiger partial charge in [-0.3, -0.25) is 4.79 Å². The first-order valence-electron chi connectivity index (χ1n) is 4.61. The number of aryl methyl sites for hydroxylation is 1. The van der Waals surface area contributed by atoms with Crippen molar-refractivity contribution in [2.75, 3.05) is 0 Å². The fraction of sp³-hybridized carbons (Fsp3) is 0.0833. The Kier molecular flexibility index (Phi) is 2.60. The Balaban J connectivity index is 2.48. The Morgan fingerprint density at radius 3 is 2.47 bits per heavy atom. The smallest absolute Gasteiger partial charge is 0.151 e. The molecule has 76 valence electrons. The Morgan fingerprint density at radius 2 is 1.93 bits per heavy atom. The molecular formula is C12H10ClNO. The van der Waals surface area contributed by atoms with Gasteiger partial charge in [-0.2, -0.15) is 0 Å². The van der Waals surface area contributed by atoms with Crippen molar-refractivity contribution in [2.45, 2.75) is 6.92 Å². The molecule has 3 heteroatoms. The number of hydrogen-bond acceptors (Lipinski definition) is 1. The topological polar surface area (TPSA) is 22.0 Å². The minimum absolute atomic E-state index is 0.683. The van der Waals surface area contributed by atoms with E-state index >= 15 is 0 Å². The van der Waals surface area contributed by atoms with E-state index in [9.17, 15) is 4.79 Å². The number of nitrogens with zero attached hydrogens (tertiary/aromatic N) is 1. The highest BCUT2D eigenvalue weighted by Gasteiger charge is 2.02. The van der Waals surface area contributed by atoms with E-state index in [0.717, 1.165) is 17.7 Å². The van der Waals surface area contributed by atoms with Crippen molar-refractivity contribution in [1.82, 2.24) is 4.57 Å². The lowest BCUT2D eigenvalue weighted by Gasteiger charge is -2.05. The maximum Gasteiger partial charge on any atom is 0.151 e. The number of rotatable bonds is 2. The number of benzene rings is 1. The minimum Gasteiger partial charge on any atom is -0.320 e. The Morgan fingerprint density at radius 1 is 1.27 bits per heavy atom. The van der Waals surface area contributed by atoms with Gasteiger partial charge in [-0.25, -0.2) is 0 Å². The van der Waals surface area contributed by atoms with Crippen LogP contribution < -0.4 is 0 Å². The number of carbonyl (C=O) groups is 1. The van der Waals surface area contributed by atoms with Gasteiger partial charge >= 0.3 is 0 Å². The lowest BCUT2D eigenvalue weighted by atomic mass is 10.3. The van der Waals surface area contributed by atoms with Gasteiger partial charge in [0.1, 0.15) is 0 Å². The van der Waals surface area contributed by atoms with Gasteiger partial charge in [0.15, 0.2) is 6.29 Å². The molecule has 0 bridgehead atoms. The second-order valence-electron chi connectivity index (χ2n) is 3.38. The first kappa shape index (κ1) is 9.99. The highest BCUT2D eigenvalue weighted by atomic mass is 35.5. The first-order valence-corrected chi connectivity index (χ1v) is 4.98. The van der Waals surface area contributed by atoms with Gasteiger partial charge in [-0.1, -0.05) is 11.6 Å². The van der Waals surface area contributed by atoms with Crippen LogP contribution in [0.4, 0.5) is 0 Å². The van der Waals surface area contributed by atoms with Crippen LogP contribution in [0.3, 0.4) is 0 Å². The van der Waals surface area contributed by atoms with Gasteiger partial charge in [-0.15, -0.1) is 0 Å². The van der Waals surface area contributed by atoms with Crippen LogP contribution in [0.1, 0.15) is 16.1 Å². The van der Waals surface area contributed by atoms with Crippen LogP contribution in [0.25, 0.3) is 5.69 Å². The summed E-state index contributed by atoms with van der Waals surface area (Å²) in [5, 5.41) is 0.708. The van der Waals surface area contributed by atoms with E-state index in [1.165, 1.54) is 0 Å². The predicted molar refractivity (Wildman–Crippen MR) is 60.9 cm³/mol. The molecule has 0 amide bonds. The maximum absolute atomic E-state index is 10.6. The fourth-order valence-electron chi connectivity index (χ4n) is 1.54. The van der Waals surface area contributed by atoms with E-state index in [0.29, 0.717) is 10.6 Å². The zero-order valence-electron chi connectivity index (χ0n) is 8.27. The van der Waals surface area contributed by atoms with E-state index in [4.69, 9.17) is 11.6 Å². The second kappa shape index (κ2) is 3.91. The van der Waals surface area contributed by atoms with Crippen LogP contribution in [0.2, 0.25) is 5.02 Å². The predicted octanol–water partition coefficient (Wildman–Crippen LogP) is 3.25. The summed E-state index contributed by atoms with van der Waals surface area (Å²) in [6.07, 6.45) is 2.66. The molecule has 1 aromatic carbocycles. The van der Waals surface area contributed by atoms with Crippen LogP contribution in [-0.2, 0) is 0 Å². The van der Waals surface area contributed by atoms with E-state index in [-0.39, 0.29) is 0 Å². The molecule has 0 fully saturated rings. The van der Waals surface area contributed by atoms with Crippen molar-refractivity contribution in [3.8, 4) is 5.69 Å². The summed E-state index contributed by atoms with van der Waals surface area (Å²) in [7, 11) is 0. The van der Waals surface area contributed by atoms with Gasteiger partial charge < -0.3 is 4.57 Å². The van der Waals surface area contributed by atoms with Crippen molar-refractivity contribution in [1.29, 1.82) is 0 Å². The summed E-state index contributed by atoms with van der Waals surface area (Å²) in [5.41, 5.74) is 2.71. The maximum atomic E-state index is 10.6. The molecule has 2 nitrogen and oxygen atoms in total. The number of carbonyl (C=O) groups excluding carboxylic acids is 1. The van der Waals surface area contributed by atoms with Crippen molar-refractivity contribution in [3.05, 3.63) is 52.8 Å². The highest BCUT2D eigenvalue weighted by Crippen LogP contribution is 2.17. The Labute approximate surface area is 93.1 Å². The summed E-state index contributed by atoms with van der Waals surface area (Å²) in [6, 6.07) is 9.35. The molecule has 0 saturated carbocycles. The molecule has 0 spiro atoms. The first-order chi connectivity index (χ1) is 7.20. The summed E-state index contributed by atoms with van der Waals surface area (Å²) in [6.45, 7) is 1.96. The third-order valence-corrected chi connectivity index (χ3v) is 2.53. The number of halogens is 1. The van der Waals surface area contributed by atoms with Crippen LogP contribution >= 0.6 is 11.6 Å². The third-order valence-electron chi connectivity index (χ3n) is 2.27. The number of aldehydes is 1. The Hall–Kier alpha value is -1.54. The van der Waals surface area contributed by atoms with Gasteiger partial charge in [0.2, 0.25) is 0 Å². The van der Waals surface area contributed by atoms with Crippen molar-refractivity contribution in [3.63, 3.8) is 0 Å². The largest absolute Gasteiger partial charge is 0.320 e. The zero-order chi connectivity index (χ0) is 10.8. The molecule has 0 N–H and O–H groups in total. The summed E-state index contributed by atoms with van der Waals surface area (Å²) in [4.78, 5) is 10.6. The summed E-state index contributed by atoms with van der Waals surface area (Å²) in [5.74, 6) is 0. The van der Waals surface area contributed by atoms with Crippen molar-refractivity contribution >= 4 is 17.9 Å². The van der Waals surface area contributed by atoms with Crippen LogP contribution in [0, 0.1) is 6.92 Å². The van der Waals surface area contributed by atoms with Crippen LogP contribution in [0.5, 0.6) is 0 Å². The molecule has 0 radical (unpaired) electrons. The zero-order valence-corrected chi connectivity index (χ0v) is 9.03. The van der Waals surface area contributed by atoms with E-state index in [1.54, 1.807) is 0 Å². The molecule has 0 atom stereocenters. The molecule has 0 saturated heterocycles. The third kappa shape index (κ3) is 1.95. The molecular weight excluding hydrogens is 210 g/mol. The molecule has 0 aliphatic carbocycles. The lowest BCUT2D eigenvalue weighted by Crippen LogP contribution is -1.93. The van der Waals surface area contributed by atoms with Gasteiger partial charge in [0.25, 0.3) is 0 Å². The molecule has 2 rings (SSSR count). The van der Waals surface area contributed by atoms with Gasteiger partial charge in [0.05, 0.1) is 0 Å². The van der Waals surface area contributed by atoms with Crippen LogP contribution in [-0.4, -0.2) is 10.9 Å². The molecule has 1 heterocycles. The lowest BCUT2D eigenvalue weighted by molar-refractivity contribution is 0.112. The fourth-order valence-corrected chi connectivity index (χ4v) is 1.67. The monoisotopic (exact) mass is 219 g/mol. The van der Waals surface area contributed by atoms with E-state index < -0.39 is 0 Å². The summed E-state index contributed by atoms with van der Waals surface area (Å²) < 4.78 is 1.96. The Bertz CT molecular complexity index is 485. The molecule has 0 aliphatic rings. The van der Waals surface area contributed by atoms with Gasteiger partial charge in [0, 0.05) is 28.2 Å². The van der Waals surface area contributed by atoms with E-state index in [2.05, 4.69) is 0 Å². The SMILES string of the molecule is Cc1cc(C=O)cn1-c1ccc(Cl)cc1. The molecule has 0 unspecified atom stereocenters. The van der Waals surface area contributed by atoms with Crippen molar-refractivity contribution < 1.29 is 4.79 Å². The summed E-state index contributed by atoms with van der Waals surface area (Å²) >= 11 is 5.81. The molecule has 15 heavy (non-hydrogen) atoms. The molecule has 2 aromatic rings. The highest BCUT2D eigenvalue weighted by molar-refractivity contribution is 6.30. The second-order valence-corrected chi connectivity index (χ2v) is 3.82. The number of hydrogen-bond donors (Lipinski definition) is 0. The number of aromatic nitrogens is 1. The van der Waals surface area contributed by atoms with Gasteiger partial charge in [-0.05, 0) is 37.3 Å². The quantitative estimate of drug-likeness (QED) is 0.711. The average molecular weight is 220 g/mol. The normalized spacial score (nSPS) is 10.3. The molecule has 0 aliphatic heterocycles. The molecule has 1 aromatic heterocycles. The van der Waals surface area contributed by atoms with Crippen LogP contribution in [0.15, 0.2) is 36.5 Å². The van der Waals surface area contributed by atoms with E-state index in [1.807, 2.05) is 48.0 Å². The van der Waals surface area contributed by atoms with Crippen molar-refractivity contribution in [2.24, 2.45) is 0 Å². The standard InChI is InChI=1S/C12H10ClNO/c1-9-6-10(8-15)7-14(9)12-4-2-11(13)3-5-12/h2-8H,1H3.